The van der Waals surface area contributed by atoms with Crippen molar-refractivity contribution in [2.75, 3.05) is 18.0 Å². The van der Waals surface area contributed by atoms with Gasteiger partial charge in [-0.25, -0.2) is 9.97 Å². The van der Waals surface area contributed by atoms with Crippen LogP contribution in [0.15, 0.2) is 30.3 Å². The van der Waals surface area contributed by atoms with Gasteiger partial charge >= 0.3 is 0 Å². The van der Waals surface area contributed by atoms with Crippen LogP contribution in [0.2, 0.25) is 0 Å². The van der Waals surface area contributed by atoms with Gasteiger partial charge in [-0.15, -0.1) is 0 Å². The van der Waals surface area contributed by atoms with Gasteiger partial charge in [0.05, 0.1) is 11.6 Å². The first-order chi connectivity index (χ1) is 15.6. The molecule has 1 aliphatic carbocycles. The lowest BCUT2D eigenvalue weighted by atomic mass is 9.96. The first-order valence-electron chi connectivity index (χ1n) is 11.6. The van der Waals surface area contributed by atoms with E-state index in [4.69, 9.17) is 9.97 Å². The highest BCUT2D eigenvalue weighted by Gasteiger charge is 2.30. The van der Waals surface area contributed by atoms with Crippen LogP contribution in [-0.2, 0) is 24.2 Å². The number of hydrogen-bond donors (Lipinski definition) is 2. The van der Waals surface area contributed by atoms with E-state index < -0.39 is 0 Å². The number of piperidine rings is 1. The molecule has 0 bridgehead atoms. The summed E-state index contributed by atoms with van der Waals surface area (Å²) in [4.78, 5) is 25.2. The Labute approximate surface area is 188 Å². The summed E-state index contributed by atoms with van der Waals surface area (Å²) in [5.74, 6) is 1.90. The Hall–Kier alpha value is -3.22. The number of benzene rings is 1. The Bertz CT molecular complexity index is 1100. The molecule has 2 aliphatic rings. The molecule has 32 heavy (non-hydrogen) atoms. The second kappa shape index (κ2) is 8.73. The van der Waals surface area contributed by atoms with Crippen molar-refractivity contribution < 1.29 is 4.79 Å². The molecule has 1 aliphatic heterocycles. The van der Waals surface area contributed by atoms with E-state index >= 15 is 0 Å². The number of H-pyrrole nitrogens is 1. The van der Waals surface area contributed by atoms with Gasteiger partial charge in [0.25, 0.3) is 0 Å². The molecule has 2 N–H and O–H groups in total. The molecule has 1 aromatic carbocycles. The Kier molecular flexibility index (Phi) is 5.64. The van der Waals surface area contributed by atoms with Gasteiger partial charge < -0.3 is 10.2 Å². The van der Waals surface area contributed by atoms with Gasteiger partial charge in [-0.2, -0.15) is 5.10 Å². The molecule has 166 valence electrons. The molecule has 2 aromatic heterocycles. The highest BCUT2D eigenvalue weighted by Crippen LogP contribution is 2.33. The first-order valence-corrected chi connectivity index (χ1v) is 11.6. The number of carbonyl (C=O) groups excluding carboxylic acids is 1. The third-order valence-corrected chi connectivity index (χ3v) is 6.76. The van der Waals surface area contributed by atoms with Crippen molar-refractivity contribution in [2.45, 2.75) is 52.5 Å². The molecule has 3 heterocycles. The number of rotatable bonds is 5. The third kappa shape index (κ3) is 3.99. The molecule has 0 unspecified atom stereocenters. The lowest BCUT2D eigenvalue weighted by molar-refractivity contribution is -0.125. The van der Waals surface area contributed by atoms with Crippen molar-refractivity contribution in [3.63, 3.8) is 0 Å². The minimum absolute atomic E-state index is 0.0385. The minimum atomic E-state index is -0.0385. The van der Waals surface area contributed by atoms with Crippen molar-refractivity contribution in [3.8, 4) is 11.4 Å². The third-order valence-electron chi connectivity index (χ3n) is 6.76. The molecule has 0 spiro atoms. The number of carbonyl (C=O) groups is 1. The average molecular weight is 431 g/mol. The van der Waals surface area contributed by atoms with Crippen LogP contribution in [0.3, 0.4) is 0 Å². The van der Waals surface area contributed by atoms with Gasteiger partial charge in [0.1, 0.15) is 5.82 Å². The van der Waals surface area contributed by atoms with Crippen molar-refractivity contribution in [1.29, 1.82) is 0 Å². The average Bonchev–Trinajstić information content (AvgIpc) is 3.43. The fourth-order valence-electron chi connectivity index (χ4n) is 4.93. The summed E-state index contributed by atoms with van der Waals surface area (Å²) in [6.07, 6.45) is 5.04. The predicted molar refractivity (Wildman–Crippen MR) is 124 cm³/mol. The molecule has 0 radical (unpaired) electrons. The molecule has 7 heteroatoms. The van der Waals surface area contributed by atoms with Crippen LogP contribution in [0, 0.1) is 19.8 Å². The molecule has 1 amide bonds. The summed E-state index contributed by atoms with van der Waals surface area (Å²) in [5, 5.41) is 10.4. The molecular formula is C25H30N6O. The Morgan fingerprint density at radius 1 is 1.16 bits per heavy atom. The SMILES string of the molecule is Cc1n[nH]c(C)c1CNC(=O)[C@H]1CCCN(c2nc(-c3ccccc3)nc3c2CCC3)C1. The van der Waals surface area contributed by atoms with Crippen molar-refractivity contribution in [1.82, 2.24) is 25.5 Å². The van der Waals surface area contributed by atoms with Gasteiger partial charge in [0, 0.05) is 47.7 Å². The number of fused-ring (bicyclic) bond motifs is 1. The summed E-state index contributed by atoms with van der Waals surface area (Å²) in [7, 11) is 0. The van der Waals surface area contributed by atoms with Crippen molar-refractivity contribution >= 4 is 11.7 Å². The molecule has 0 saturated carbocycles. The number of nitrogens with zero attached hydrogens (tertiary/aromatic N) is 4. The molecule has 1 fully saturated rings. The zero-order valence-corrected chi connectivity index (χ0v) is 18.8. The summed E-state index contributed by atoms with van der Waals surface area (Å²) < 4.78 is 0. The van der Waals surface area contributed by atoms with Crippen LogP contribution in [0.1, 0.15) is 47.5 Å². The lowest BCUT2D eigenvalue weighted by Gasteiger charge is -2.34. The zero-order valence-electron chi connectivity index (χ0n) is 18.8. The van der Waals surface area contributed by atoms with Crippen LogP contribution >= 0.6 is 0 Å². The molecule has 1 saturated heterocycles. The fourth-order valence-corrected chi connectivity index (χ4v) is 4.93. The number of aromatic amines is 1. The summed E-state index contributed by atoms with van der Waals surface area (Å²) in [6.45, 7) is 6.11. The van der Waals surface area contributed by atoms with Crippen molar-refractivity contribution in [3.05, 3.63) is 58.5 Å². The van der Waals surface area contributed by atoms with Gasteiger partial charge in [0.15, 0.2) is 5.82 Å². The maximum atomic E-state index is 13.0. The van der Waals surface area contributed by atoms with Gasteiger partial charge in [-0.3, -0.25) is 9.89 Å². The van der Waals surface area contributed by atoms with Crippen molar-refractivity contribution in [2.24, 2.45) is 5.92 Å². The van der Waals surface area contributed by atoms with E-state index in [1.54, 1.807) is 0 Å². The molecule has 3 aromatic rings. The van der Waals surface area contributed by atoms with Crippen LogP contribution in [0.5, 0.6) is 0 Å². The number of nitrogens with one attached hydrogen (secondary N) is 2. The molecular weight excluding hydrogens is 400 g/mol. The van der Waals surface area contributed by atoms with E-state index in [2.05, 4.69) is 32.5 Å². The molecule has 7 nitrogen and oxygen atoms in total. The van der Waals surface area contributed by atoms with Gasteiger partial charge in [0.2, 0.25) is 5.91 Å². The van der Waals surface area contributed by atoms with Gasteiger partial charge in [-0.1, -0.05) is 30.3 Å². The van der Waals surface area contributed by atoms with Crippen LogP contribution in [-0.4, -0.2) is 39.2 Å². The van der Waals surface area contributed by atoms with E-state index in [9.17, 15) is 4.79 Å². The Morgan fingerprint density at radius 2 is 2.00 bits per heavy atom. The normalized spacial score (nSPS) is 17.9. The van der Waals surface area contributed by atoms with E-state index in [0.717, 1.165) is 72.8 Å². The Balaban J connectivity index is 1.35. The summed E-state index contributed by atoms with van der Waals surface area (Å²) >= 11 is 0. The minimum Gasteiger partial charge on any atom is -0.355 e. The zero-order chi connectivity index (χ0) is 22.1. The predicted octanol–water partition coefficient (Wildman–Crippen LogP) is 3.51. The van der Waals surface area contributed by atoms with E-state index in [1.165, 1.54) is 11.3 Å². The number of amides is 1. The monoisotopic (exact) mass is 430 g/mol. The number of anilines is 1. The lowest BCUT2D eigenvalue weighted by Crippen LogP contribution is -2.43. The van der Waals surface area contributed by atoms with Crippen LogP contribution in [0.4, 0.5) is 5.82 Å². The largest absolute Gasteiger partial charge is 0.355 e. The maximum absolute atomic E-state index is 13.0. The quantitative estimate of drug-likeness (QED) is 0.647. The second-order valence-corrected chi connectivity index (χ2v) is 8.93. The van der Waals surface area contributed by atoms with E-state index in [-0.39, 0.29) is 11.8 Å². The standard InChI is InChI=1S/C25H30N6O/c1-16-21(17(2)30-29-16)14-26-25(32)19-10-7-13-31(15-19)24-20-11-6-12-22(20)27-23(28-24)18-8-4-3-5-9-18/h3-5,8-9,19H,6-7,10-15H2,1-2H3,(H,26,32)(H,29,30)/t19-/m0/s1. The summed E-state index contributed by atoms with van der Waals surface area (Å²) in [6, 6.07) is 10.2. The summed E-state index contributed by atoms with van der Waals surface area (Å²) in [5.41, 5.74) is 6.52. The van der Waals surface area contributed by atoms with E-state index in [1.807, 2.05) is 32.0 Å². The number of hydrogen-bond acceptors (Lipinski definition) is 5. The molecule has 5 rings (SSSR count). The van der Waals surface area contributed by atoms with Gasteiger partial charge in [-0.05, 0) is 46.0 Å². The smallest absolute Gasteiger partial charge is 0.225 e. The Morgan fingerprint density at radius 3 is 2.78 bits per heavy atom. The fraction of sp³-hybridized carbons (Fsp3) is 0.440. The maximum Gasteiger partial charge on any atom is 0.225 e. The number of aryl methyl sites for hydroxylation is 3. The van der Waals surface area contributed by atoms with E-state index in [0.29, 0.717) is 13.1 Å². The second-order valence-electron chi connectivity index (χ2n) is 8.93. The number of aromatic nitrogens is 4. The highest BCUT2D eigenvalue weighted by molar-refractivity contribution is 5.79. The van der Waals surface area contributed by atoms with Crippen LogP contribution < -0.4 is 10.2 Å². The van der Waals surface area contributed by atoms with Crippen LogP contribution in [0.25, 0.3) is 11.4 Å². The topological polar surface area (TPSA) is 86.8 Å². The first kappa shape index (κ1) is 20.7. The highest BCUT2D eigenvalue weighted by atomic mass is 16.1. The molecule has 1 atom stereocenters.